The van der Waals surface area contributed by atoms with Crippen molar-refractivity contribution < 1.29 is 0 Å². The lowest BCUT2D eigenvalue weighted by atomic mass is 10.0. The van der Waals surface area contributed by atoms with Gasteiger partial charge in [0.05, 0.1) is 0 Å². The van der Waals surface area contributed by atoms with Gasteiger partial charge in [-0.1, -0.05) is 61.2 Å². The summed E-state index contributed by atoms with van der Waals surface area (Å²) in [7, 11) is 2.11. The average molecular weight is 273 g/mol. The molecule has 0 saturated carbocycles. The van der Waals surface area contributed by atoms with Crippen LogP contribution in [0.3, 0.4) is 0 Å². The summed E-state index contributed by atoms with van der Waals surface area (Å²) in [5, 5.41) is 3.74. The number of nitrogens with zero attached hydrogens (tertiary/aromatic N) is 1. The van der Waals surface area contributed by atoms with Crippen molar-refractivity contribution >= 4 is 23.1 Å². The molecule has 1 nitrogen and oxygen atoms in total. The Morgan fingerprint density at radius 2 is 1.76 bits per heavy atom. The van der Waals surface area contributed by atoms with E-state index in [4.69, 9.17) is 0 Å². The molecule has 1 heteroatoms. The normalized spacial score (nSPS) is 13.0. The van der Waals surface area contributed by atoms with Crippen molar-refractivity contribution in [2.75, 3.05) is 0 Å². The quantitative estimate of drug-likeness (QED) is 0.672. The van der Waals surface area contributed by atoms with Crippen LogP contribution in [-0.2, 0) is 7.05 Å². The van der Waals surface area contributed by atoms with Gasteiger partial charge in [-0.2, -0.15) is 0 Å². The molecule has 0 aliphatic rings. The molecule has 0 unspecified atom stereocenters. The van der Waals surface area contributed by atoms with E-state index in [2.05, 4.69) is 79.7 Å². The van der Waals surface area contributed by atoms with Gasteiger partial charge in [0.25, 0.3) is 0 Å². The zero-order valence-electron chi connectivity index (χ0n) is 12.5. The van der Waals surface area contributed by atoms with Crippen molar-refractivity contribution in [3.8, 4) is 11.1 Å². The first-order valence-corrected chi connectivity index (χ1v) is 7.19. The van der Waals surface area contributed by atoms with Gasteiger partial charge < -0.3 is 4.57 Å². The fourth-order valence-electron chi connectivity index (χ4n) is 2.95. The Morgan fingerprint density at radius 3 is 2.43 bits per heavy atom. The lowest BCUT2D eigenvalue weighted by molar-refractivity contribution is 0.924. The Bertz CT molecular complexity index is 912. The maximum Gasteiger partial charge on any atom is 0.0489 e. The van der Waals surface area contributed by atoms with Crippen LogP contribution in [0, 0.1) is 0 Å². The summed E-state index contributed by atoms with van der Waals surface area (Å²) in [5.74, 6) is 0. The summed E-state index contributed by atoms with van der Waals surface area (Å²) >= 11 is 0. The lowest BCUT2D eigenvalue weighted by Gasteiger charge is -2.02. The van der Waals surface area contributed by atoms with Crippen molar-refractivity contribution in [3.05, 3.63) is 71.8 Å². The highest BCUT2D eigenvalue weighted by molar-refractivity contribution is 5.87. The Morgan fingerprint density at radius 1 is 1.00 bits per heavy atom. The van der Waals surface area contributed by atoms with E-state index in [1.165, 1.54) is 32.6 Å². The number of benzene rings is 2. The third-order valence-electron chi connectivity index (χ3n) is 3.95. The van der Waals surface area contributed by atoms with E-state index in [-0.39, 0.29) is 0 Å². The molecule has 3 rings (SSSR count). The first-order chi connectivity index (χ1) is 10.3. The molecule has 21 heavy (non-hydrogen) atoms. The Labute approximate surface area is 125 Å². The summed E-state index contributed by atoms with van der Waals surface area (Å²) in [5.41, 5.74) is 3.74. The fourth-order valence-corrected chi connectivity index (χ4v) is 2.95. The van der Waals surface area contributed by atoms with Gasteiger partial charge in [-0.25, -0.2) is 0 Å². The molecular formula is C20H19N. The van der Waals surface area contributed by atoms with Crippen LogP contribution in [0.25, 0.3) is 34.2 Å². The molecule has 0 bridgehead atoms. The van der Waals surface area contributed by atoms with Gasteiger partial charge in [0.1, 0.15) is 0 Å². The molecule has 104 valence electrons. The van der Waals surface area contributed by atoms with E-state index in [9.17, 15) is 0 Å². The Hall–Kier alpha value is -2.54. The van der Waals surface area contributed by atoms with E-state index in [0.29, 0.717) is 0 Å². The maximum atomic E-state index is 3.85. The van der Waals surface area contributed by atoms with Gasteiger partial charge in [0, 0.05) is 28.5 Å². The van der Waals surface area contributed by atoms with Crippen molar-refractivity contribution in [2.45, 2.75) is 6.92 Å². The second-order valence-electron chi connectivity index (χ2n) is 5.15. The topological polar surface area (TPSA) is 4.93 Å². The van der Waals surface area contributed by atoms with Crippen molar-refractivity contribution in [1.29, 1.82) is 0 Å². The number of fused-ring (bicyclic) bond motifs is 1. The molecule has 1 heterocycles. The molecular weight excluding hydrogens is 254 g/mol. The molecule has 0 saturated heterocycles. The number of allylic oxidation sites excluding steroid dienone is 1. The van der Waals surface area contributed by atoms with Crippen LogP contribution < -0.4 is 10.6 Å². The van der Waals surface area contributed by atoms with Crippen LogP contribution in [0.2, 0.25) is 0 Å². The minimum absolute atomic E-state index is 1.23. The smallest absolute Gasteiger partial charge is 0.0489 e. The van der Waals surface area contributed by atoms with Gasteiger partial charge in [-0.3, -0.25) is 0 Å². The first kappa shape index (κ1) is 13.4. The van der Waals surface area contributed by atoms with Crippen molar-refractivity contribution in [2.24, 2.45) is 7.05 Å². The Kier molecular flexibility index (Phi) is 3.49. The third kappa shape index (κ3) is 2.21. The first-order valence-electron chi connectivity index (χ1n) is 7.19. The van der Waals surface area contributed by atoms with Gasteiger partial charge in [-0.15, -0.1) is 0 Å². The van der Waals surface area contributed by atoms with E-state index >= 15 is 0 Å². The molecule has 0 fully saturated rings. The number of hydrogen-bond acceptors (Lipinski definition) is 0. The van der Waals surface area contributed by atoms with Crippen LogP contribution in [0.5, 0.6) is 0 Å². The highest BCUT2D eigenvalue weighted by Crippen LogP contribution is 2.22. The lowest BCUT2D eigenvalue weighted by Crippen LogP contribution is -2.26. The number of aromatic nitrogens is 1. The molecule has 0 atom stereocenters. The van der Waals surface area contributed by atoms with Gasteiger partial charge in [0.2, 0.25) is 0 Å². The highest BCUT2D eigenvalue weighted by atomic mass is 14.9. The summed E-state index contributed by atoms with van der Waals surface area (Å²) in [6, 6.07) is 17.2. The molecule has 0 radical (unpaired) electrons. The van der Waals surface area contributed by atoms with E-state index < -0.39 is 0 Å². The molecule has 0 aliphatic carbocycles. The van der Waals surface area contributed by atoms with Crippen LogP contribution >= 0.6 is 0 Å². The van der Waals surface area contributed by atoms with Crippen molar-refractivity contribution in [1.82, 2.24) is 4.57 Å². The summed E-state index contributed by atoms with van der Waals surface area (Å²) in [4.78, 5) is 0. The second-order valence-corrected chi connectivity index (χ2v) is 5.15. The maximum absolute atomic E-state index is 3.85. The van der Waals surface area contributed by atoms with E-state index in [1.807, 2.05) is 12.1 Å². The predicted molar refractivity (Wildman–Crippen MR) is 92.4 cm³/mol. The summed E-state index contributed by atoms with van der Waals surface area (Å²) in [6.07, 6.45) is 6.10. The fraction of sp³-hybridized carbons (Fsp3) is 0.100. The summed E-state index contributed by atoms with van der Waals surface area (Å²) < 4.78 is 2.24. The minimum Gasteiger partial charge on any atom is -0.344 e. The summed E-state index contributed by atoms with van der Waals surface area (Å²) in [6.45, 7) is 5.93. The third-order valence-corrected chi connectivity index (χ3v) is 3.95. The molecule has 2 aromatic carbocycles. The number of aryl methyl sites for hydroxylation is 1. The van der Waals surface area contributed by atoms with Gasteiger partial charge >= 0.3 is 0 Å². The molecule has 0 amide bonds. The largest absolute Gasteiger partial charge is 0.344 e. The molecule has 1 aromatic heterocycles. The minimum atomic E-state index is 1.23. The van der Waals surface area contributed by atoms with E-state index in [1.54, 1.807) is 0 Å². The SMILES string of the molecule is C=C/C=c1\c(=C/C)n(C)c2ccc(-c3ccccc3)cc12. The Balaban J connectivity index is 2.40. The van der Waals surface area contributed by atoms with E-state index in [0.717, 1.165) is 0 Å². The number of hydrogen-bond donors (Lipinski definition) is 0. The zero-order valence-corrected chi connectivity index (χ0v) is 12.5. The van der Waals surface area contributed by atoms with Crippen LogP contribution in [0.4, 0.5) is 0 Å². The van der Waals surface area contributed by atoms with Gasteiger partial charge in [-0.05, 0) is 30.2 Å². The highest BCUT2D eigenvalue weighted by Gasteiger charge is 2.06. The number of rotatable bonds is 2. The zero-order chi connectivity index (χ0) is 14.8. The predicted octanol–water partition coefficient (Wildman–Crippen LogP) is 3.61. The van der Waals surface area contributed by atoms with Crippen LogP contribution in [0.15, 0.2) is 61.2 Å². The molecule has 0 aliphatic heterocycles. The second kappa shape index (κ2) is 5.45. The molecule has 3 aromatic rings. The van der Waals surface area contributed by atoms with Crippen LogP contribution in [-0.4, -0.2) is 4.57 Å². The van der Waals surface area contributed by atoms with Crippen molar-refractivity contribution in [3.63, 3.8) is 0 Å². The monoisotopic (exact) mass is 273 g/mol. The average Bonchev–Trinajstić information content (AvgIpc) is 2.80. The molecule has 0 N–H and O–H groups in total. The van der Waals surface area contributed by atoms with Gasteiger partial charge in [0.15, 0.2) is 0 Å². The molecule has 0 spiro atoms. The van der Waals surface area contributed by atoms with Crippen LogP contribution in [0.1, 0.15) is 6.92 Å². The standard InChI is InChI=1S/C20H19N/c1-4-9-17-18-14-16(15-10-7-6-8-11-15)12-13-20(18)21(3)19(17)5-2/h4-14H,1H2,2-3H3/b17-9-,19-5+.